The van der Waals surface area contributed by atoms with E-state index in [1.54, 1.807) is 0 Å². The van der Waals surface area contributed by atoms with Crippen LogP contribution in [-0.4, -0.2) is 49.6 Å². The summed E-state index contributed by atoms with van der Waals surface area (Å²) < 4.78 is 35.1. The van der Waals surface area contributed by atoms with Crippen LogP contribution in [0.2, 0.25) is 10.0 Å². The zero-order chi connectivity index (χ0) is 19.9. The van der Waals surface area contributed by atoms with Crippen LogP contribution in [0.3, 0.4) is 0 Å². The molecule has 1 aliphatic heterocycles. The number of halogens is 5. The number of aliphatic hydroxyl groups is 1. The monoisotopic (exact) mass is 553 g/mol. The quantitative estimate of drug-likeness (QED) is 0.272. The van der Waals surface area contributed by atoms with Gasteiger partial charge in [-0.1, -0.05) is 23.2 Å². The van der Waals surface area contributed by atoms with E-state index in [0.717, 1.165) is 0 Å². The Morgan fingerprint density at radius 2 is 2.00 bits per heavy atom. The van der Waals surface area contributed by atoms with E-state index in [4.69, 9.17) is 27.9 Å². The van der Waals surface area contributed by atoms with Gasteiger partial charge in [0.25, 0.3) is 0 Å². The molecule has 0 aliphatic carbocycles. The van der Waals surface area contributed by atoms with Gasteiger partial charge in [0, 0.05) is 49.7 Å². The van der Waals surface area contributed by atoms with Gasteiger partial charge in [-0.3, -0.25) is 0 Å². The number of aliphatic imine (C=N–C) groups is 1. The Hall–Kier alpha value is -0.620. The molecule has 0 aromatic heterocycles. The molecule has 0 atom stereocenters. The summed E-state index contributed by atoms with van der Waals surface area (Å²) in [6.45, 7) is 0.771. The molecule has 3 N–H and O–H groups in total. The van der Waals surface area contributed by atoms with Crippen molar-refractivity contribution in [2.45, 2.75) is 38.5 Å². The zero-order valence-corrected chi connectivity index (χ0v) is 19.2. The number of hydrogen-bond donors (Lipinski definition) is 3. The predicted molar refractivity (Wildman–Crippen MR) is 116 cm³/mol. The van der Waals surface area contributed by atoms with Crippen molar-refractivity contribution in [2.75, 3.05) is 26.3 Å². The smallest absolute Gasteiger partial charge is 0.387 e. The van der Waals surface area contributed by atoms with Crippen molar-refractivity contribution in [1.29, 1.82) is 0 Å². The summed E-state index contributed by atoms with van der Waals surface area (Å²) >= 11 is 11.9. The van der Waals surface area contributed by atoms with E-state index in [1.165, 1.54) is 12.1 Å². The van der Waals surface area contributed by atoms with Gasteiger partial charge in [-0.15, -0.1) is 24.0 Å². The molecule has 2 rings (SSSR count). The fourth-order valence-corrected chi connectivity index (χ4v) is 3.21. The zero-order valence-electron chi connectivity index (χ0n) is 15.3. The van der Waals surface area contributed by atoms with E-state index in [-0.39, 0.29) is 41.3 Å². The third kappa shape index (κ3) is 8.02. The molecule has 0 radical (unpaired) electrons. The third-order valence-electron chi connectivity index (χ3n) is 4.05. The van der Waals surface area contributed by atoms with Gasteiger partial charge in [0.1, 0.15) is 5.75 Å². The highest BCUT2D eigenvalue weighted by Gasteiger charge is 2.29. The lowest BCUT2D eigenvalue weighted by Gasteiger charge is -2.32. The summed E-state index contributed by atoms with van der Waals surface area (Å²) in [5.41, 5.74) is -0.549. The number of hydrogen-bond acceptors (Lipinski definition) is 4. The van der Waals surface area contributed by atoms with Crippen LogP contribution in [0.5, 0.6) is 5.75 Å². The van der Waals surface area contributed by atoms with Gasteiger partial charge in [0.15, 0.2) is 5.96 Å². The molecule has 11 heteroatoms. The van der Waals surface area contributed by atoms with Gasteiger partial charge < -0.3 is 25.2 Å². The second-order valence-corrected chi connectivity index (χ2v) is 6.98. The highest BCUT2D eigenvalue weighted by atomic mass is 127. The highest BCUT2D eigenvalue weighted by molar-refractivity contribution is 14.0. The van der Waals surface area contributed by atoms with Crippen molar-refractivity contribution in [2.24, 2.45) is 4.99 Å². The minimum atomic E-state index is -3.01. The summed E-state index contributed by atoms with van der Waals surface area (Å²) in [4.78, 5) is 4.36. The van der Waals surface area contributed by atoms with Crippen LogP contribution in [0, 0.1) is 0 Å². The van der Waals surface area contributed by atoms with Crippen molar-refractivity contribution >= 4 is 53.1 Å². The van der Waals surface area contributed by atoms with Crippen molar-refractivity contribution in [1.82, 2.24) is 10.6 Å². The molecule has 160 valence electrons. The molecule has 1 fully saturated rings. The van der Waals surface area contributed by atoms with Crippen LogP contribution in [-0.2, 0) is 11.3 Å². The average Bonchev–Trinajstić information content (AvgIpc) is 2.60. The Balaban J connectivity index is 0.00000392. The van der Waals surface area contributed by atoms with Crippen molar-refractivity contribution < 1.29 is 23.4 Å². The second kappa shape index (κ2) is 12.2. The first-order valence-electron chi connectivity index (χ1n) is 8.58. The Labute approximate surface area is 190 Å². The molecular weight excluding hydrogens is 530 g/mol. The van der Waals surface area contributed by atoms with Gasteiger partial charge in [-0.05, 0) is 19.1 Å². The number of nitrogens with zero attached hydrogens (tertiary/aromatic N) is 1. The highest BCUT2D eigenvalue weighted by Crippen LogP contribution is 2.34. The van der Waals surface area contributed by atoms with Crippen LogP contribution in [0.15, 0.2) is 17.1 Å². The Kier molecular flexibility index (Phi) is 11.0. The number of benzene rings is 1. The Morgan fingerprint density at radius 1 is 1.32 bits per heavy atom. The summed E-state index contributed by atoms with van der Waals surface area (Å²) in [6.07, 6.45) is 1.05. The standard InChI is InChI=1S/C17H23Cl2F2N3O3.HI/c1-2-22-16(24-10-17(25)3-5-26-6-4-17)23-9-11-7-12(18)8-13(19)14(11)27-15(20)21;/h7-8,15,25H,2-6,9-10H2,1H3,(H2,22,23,24);1H. The number of guanidine groups is 1. The minimum absolute atomic E-state index is 0. The molecular formula is C17H24Cl2F2IN3O3. The van der Waals surface area contributed by atoms with E-state index >= 15 is 0 Å². The van der Waals surface area contributed by atoms with E-state index in [2.05, 4.69) is 20.4 Å². The summed E-state index contributed by atoms with van der Waals surface area (Å²) in [7, 11) is 0. The van der Waals surface area contributed by atoms with Crippen LogP contribution < -0.4 is 15.4 Å². The van der Waals surface area contributed by atoms with Gasteiger partial charge in [-0.2, -0.15) is 8.78 Å². The molecule has 1 saturated heterocycles. The molecule has 0 spiro atoms. The molecule has 1 heterocycles. The number of alkyl halides is 2. The molecule has 0 bridgehead atoms. The first-order chi connectivity index (χ1) is 12.8. The first kappa shape index (κ1) is 25.4. The average molecular weight is 554 g/mol. The molecule has 0 saturated carbocycles. The molecule has 1 aliphatic rings. The normalized spacial score (nSPS) is 16.5. The molecule has 28 heavy (non-hydrogen) atoms. The predicted octanol–water partition coefficient (Wildman–Crippen LogP) is 3.81. The van der Waals surface area contributed by atoms with Gasteiger partial charge in [0.05, 0.1) is 17.2 Å². The maximum Gasteiger partial charge on any atom is 0.387 e. The number of nitrogens with one attached hydrogen (secondary N) is 2. The van der Waals surface area contributed by atoms with Gasteiger partial charge in [0.2, 0.25) is 0 Å². The van der Waals surface area contributed by atoms with E-state index in [9.17, 15) is 13.9 Å². The lowest BCUT2D eigenvalue weighted by molar-refractivity contribution is -0.0594. The largest absolute Gasteiger partial charge is 0.433 e. The van der Waals surface area contributed by atoms with E-state index in [1.807, 2.05) is 6.92 Å². The second-order valence-electron chi connectivity index (χ2n) is 6.14. The van der Waals surface area contributed by atoms with E-state index in [0.29, 0.717) is 55.7 Å². The fourth-order valence-electron chi connectivity index (χ4n) is 2.63. The Morgan fingerprint density at radius 3 is 2.61 bits per heavy atom. The van der Waals surface area contributed by atoms with Crippen molar-refractivity contribution in [3.05, 3.63) is 27.7 Å². The molecule has 0 amide bonds. The van der Waals surface area contributed by atoms with Crippen LogP contribution in [0.25, 0.3) is 0 Å². The SMILES string of the molecule is CCNC(=NCc1cc(Cl)cc(Cl)c1OC(F)F)NCC1(O)CCOCC1.I. The minimum Gasteiger partial charge on any atom is -0.433 e. The third-order valence-corrected chi connectivity index (χ3v) is 4.55. The summed E-state index contributed by atoms with van der Waals surface area (Å²) in [5.74, 6) is 0.273. The van der Waals surface area contributed by atoms with Crippen LogP contribution in [0.4, 0.5) is 8.78 Å². The number of rotatable bonds is 7. The maximum atomic E-state index is 12.7. The van der Waals surface area contributed by atoms with Gasteiger partial charge >= 0.3 is 6.61 Å². The summed E-state index contributed by atoms with van der Waals surface area (Å²) in [5, 5.41) is 16.9. The lowest BCUT2D eigenvalue weighted by Crippen LogP contribution is -2.49. The Bertz CT molecular complexity index is 663. The van der Waals surface area contributed by atoms with Crippen molar-refractivity contribution in [3.8, 4) is 5.75 Å². The van der Waals surface area contributed by atoms with Crippen molar-refractivity contribution in [3.63, 3.8) is 0 Å². The summed E-state index contributed by atoms with van der Waals surface area (Å²) in [6, 6.07) is 2.81. The van der Waals surface area contributed by atoms with Gasteiger partial charge in [-0.25, -0.2) is 4.99 Å². The van der Waals surface area contributed by atoms with E-state index < -0.39 is 12.2 Å². The molecule has 1 aromatic rings. The first-order valence-corrected chi connectivity index (χ1v) is 9.33. The number of ether oxygens (including phenoxy) is 2. The lowest BCUT2D eigenvalue weighted by atomic mass is 9.94. The topological polar surface area (TPSA) is 75.1 Å². The molecule has 6 nitrogen and oxygen atoms in total. The molecule has 0 unspecified atom stereocenters. The maximum absolute atomic E-state index is 12.7. The van der Waals surface area contributed by atoms with Crippen LogP contribution in [0.1, 0.15) is 25.3 Å². The molecule has 1 aromatic carbocycles. The van der Waals surface area contributed by atoms with Crippen LogP contribution >= 0.6 is 47.2 Å². The fraction of sp³-hybridized carbons (Fsp3) is 0.588.